The molecule has 2 aliphatic carbocycles. The fourth-order valence-corrected chi connectivity index (χ4v) is 3.77. The van der Waals surface area contributed by atoms with Crippen molar-refractivity contribution in [1.29, 1.82) is 0 Å². The molecule has 2 N–H and O–H groups in total. The molecule has 110 valence electrons. The molecule has 0 amide bonds. The van der Waals surface area contributed by atoms with Crippen LogP contribution >= 0.6 is 0 Å². The molecular weight excluding hydrogens is 262 g/mol. The summed E-state index contributed by atoms with van der Waals surface area (Å²) < 4.78 is 5.54. The molecular formula is C17H21N3O. The van der Waals surface area contributed by atoms with Crippen molar-refractivity contribution >= 4 is 0 Å². The molecule has 0 radical (unpaired) electrons. The summed E-state index contributed by atoms with van der Waals surface area (Å²) in [6.07, 6.45) is 7.66. The van der Waals surface area contributed by atoms with Gasteiger partial charge in [0.2, 0.25) is 5.89 Å². The van der Waals surface area contributed by atoms with Crippen LogP contribution in [0.25, 0.3) is 0 Å². The number of benzene rings is 1. The largest absolute Gasteiger partial charge is 0.337 e. The van der Waals surface area contributed by atoms with Crippen molar-refractivity contribution in [3.63, 3.8) is 0 Å². The van der Waals surface area contributed by atoms with Gasteiger partial charge in [-0.15, -0.1) is 0 Å². The van der Waals surface area contributed by atoms with Gasteiger partial charge in [0.1, 0.15) is 0 Å². The molecule has 0 spiro atoms. The van der Waals surface area contributed by atoms with Gasteiger partial charge in [-0.2, -0.15) is 4.98 Å². The highest BCUT2D eigenvalue weighted by atomic mass is 16.5. The van der Waals surface area contributed by atoms with E-state index < -0.39 is 0 Å². The van der Waals surface area contributed by atoms with E-state index in [0.29, 0.717) is 5.89 Å². The fraction of sp³-hybridized carbons (Fsp3) is 0.529. The molecule has 2 saturated carbocycles. The Morgan fingerprint density at radius 2 is 1.67 bits per heavy atom. The number of nitrogens with zero attached hydrogens (tertiary/aromatic N) is 2. The molecule has 2 fully saturated rings. The predicted octanol–water partition coefficient (Wildman–Crippen LogP) is 3.27. The second kappa shape index (κ2) is 4.67. The van der Waals surface area contributed by atoms with E-state index in [2.05, 4.69) is 35.5 Å². The summed E-state index contributed by atoms with van der Waals surface area (Å²) in [4.78, 5) is 4.73. The maximum atomic E-state index is 6.32. The summed E-state index contributed by atoms with van der Waals surface area (Å²) >= 11 is 0. The third-order valence-corrected chi connectivity index (χ3v) is 5.31. The van der Waals surface area contributed by atoms with Crippen molar-refractivity contribution in [3.05, 3.63) is 47.6 Å². The fourth-order valence-electron chi connectivity index (χ4n) is 3.77. The molecule has 0 unspecified atom stereocenters. The highest BCUT2D eigenvalue weighted by Gasteiger charge is 2.45. The van der Waals surface area contributed by atoms with Gasteiger partial charge in [-0.1, -0.05) is 48.3 Å². The van der Waals surface area contributed by atoms with Crippen LogP contribution in [-0.4, -0.2) is 10.1 Å². The zero-order valence-electron chi connectivity index (χ0n) is 12.2. The lowest BCUT2D eigenvalue weighted by Gasteiger charge is -2.34. The Morgan fingerprint density at radius 3 is 2.29 bits per heavy atom. The van der Waals surface area contributed by atoms with Crippen LogP contribution in [0.3, 0.4) is 0 Å². The van der Waals surface area contributed by atoms with Crippen LogP contribution in [-0.2, 0) is 11.0 Å². The minimum Gasteiger partial charge on any atom is -0.337 e. The van der Waals surface area contributed by atoms with Crippen molar-refractivity contribution < 1.29 is 4.52 Å². The molecule has 0 bridgehead atoms. The lowest BCUT2D eigenvalue weighted by atomic mass is 9.76. The Kier molecular flexibility index (Phi) is 2.89. The van der Waals surface area contributed by atoms with Gasteiger partial charge >= 0.3 is 0 Å². The third-order valence-electron chi connectivity index (χ3n) is 5.31. The van der Waals surface area contributed by atoms with Gasteiger partial charge in [0.05, 0.1) is 11.0 Å². The molecule has 2 aromatic rings. The zero-order valence-corrected chi connectivity index (χ0v) is 12.2. The third kappa shape index (κ3) is 1.93. The first-order valence-electron chi connectivity index (χ1n) is 7.92. The van der Waals surface area contributed by atoms with Crippen LogP contribution in [0.5, 0.6) is 0 Å². The van der Waals surface area contributed by atoms with Crippen molar-refractivity contribution in [3.8, 4) is 0 Å². The van der Waals surface area contributed by atoms with E-state index >= 15 is 0 Å². The van der Waals surface area contributed by atoms with Gasteiger partial charge in [0, 0.05) is 0 Å². The Balaban J connectivity index is 1.75. The summed E-state index contributed by atoms with van der Waals surface area (Å²) in [5.41, 5.74) is 7.17. The van der Waals surface area contributed by atoms with Gasteiger partial charge < -0.3 is 10.3 Å². The highest BCUT2D eigenvalue weighted by Crippen LogP contribution is 2.46. The summed E-state index contributed by atoms with van der Waals surface area (Å²) in [6.45, 7) is 0. The summed E-state index contributed by atoms with van der Waals surface area (Å²) in [5.74, 6) is 1.46. The highest BCUT2D eigenvalue weighted by molar-refractivity contribution is 5.34. The summed E-state index contributed by atoms with van der Waals surface area (Å²) in [5, 5.41) is 4.33. The van der Waals surface area contributed by atoms with Crippen LogP contribution in [0.2, 0.25) is 0 Å². The van der Waals surface area contributed by atoms with E-state index in [1.54, 1.807) is 0 Å². The SMILES string of the molecule is NC1(c2nc(C3(c4ccccc4)CCCC3)no2)CCC1. The second-order valence-corrected chi connectivity index (χ2v) is 6.59. The first kappa shape index (κ1) is 13.0. The van der Waals surface area contributed by atoms with E-state index in [1.165, 1.54) is 18.4 Å². The molecule has 4 rings (SSSR count). The lowest BCUT2D eigenvalue weighted by Crippen LogP contribution is -2.43. The number of rotatable bonds is 3. The molecule has 0 atom stereocenters. The monoisotopic (exact) mass is 283 g/mol. The Labute approximate surface area is 124 Å². The van der Waals surface area contributed by atoms with Crippen LogP contribution < -0.4 is 5.73 Å². The standard InChI is InChI=1S/C17H21N3O/c18-17(11-6-12-17)15-19-14(20-21-15)16(9-4-5-10-16)13-7-2-1-3-8-13/h1-3,7-8H,4-6,9-12,18H2. The average Bonchev–Trinajstić information content (AvgIpc) is 3.15. The quantitative estimate of drug-likeness (QED) is 0.939. The van der Waals surface area contributed by atoms with Crippen molar-refractivity contribution in [2.45, 2.75) is 55.9 Å². The van der Waals surface area contributed by atoms with Gasteiger partial charge in [-0.3, -0.25) is 0 Å². The second-order valence-electron chi connectivity index (χ2n) is 6.59. The number of aromatic nitrogens is 2. The number of hydrogen-bond donors (Lipinski definition) is 1. The molecule has 1 aromatic carbocycles. The molecule has 0 saturated heterocycles. The first-order valence-corrected chi connectivity index (χ1v) is 7.92. The van der Waals surface area contributed by atoms with E-state index in [-0.39, 0.29) is 11.0 Å². The van der Waals surface area contributed by atoms with Crippen molar-refractivity contribution in [2.24, 2.45) is 5.73 Å². The normalized spacial score (nSPS) is 22.9. The Morgan fingerprint density at radius 1 is 0.952 bits per heavy atom. The maximum Gasteiger partial charge on any atom is 0.246 e. The average molecular weight is 283 g/mol. The smallest absolute Gasteiger partial charge is 0.246 e. The summed E-state index contributed by atoms with van der Waals surface area (Å²) in [7, 11) is 0. The van der Waals surface area contributed by atoms with Crippen LogP contribution in [0.4, 0.5) is 0 Å². The van der Waals surface area contributed by atoms with Crippen LogP contribution in [0.15, 0.2) is 34.9 Å². The Hall–Kier alpha value is -1.68. The van der Waals surface area contributed by atoms with Gasteiger partial charge in [0.25, 0.3) is 0 Å². The first-order chi connectivity index (χ1) is 10.2. The maximum absolute atomic E-state index is 6.32. The molecule has 1 heterocycles. The molecule has 4 heteroatoms. The summed E-state index contributed by atoms with van der Waals surface area (Å²) in [6, 6.07) is 10.6. The Bertz CT molecular complexity index is 624. The van der Waals surface area contributed by atoms with Gasteiger partial charge in [-0.05, 0) is 37.7 Å². The van der Waals surface area contributed by atoms with E-state index in [9.17, 15) is 0 Å². The van der Waals surface area contributed by atoms with Crippen LogP contribution in [0, 0.1) is 0 Å². The topological polar surface area (TPSA) is 64.9 Å². The van der Waals surface area contributed by atoms with E-state index in [0.717, 1.165) is 37.9 Å². The molecule has 4 nitrogen and oxygen atoms in total. The number of hydrogen-bond acceptors (Lipinski definition) is 4. The van der Waals surface area contributed by atoms with Gasteiger partial charge in [-0.25, -0.2) is 0 Å². The van der Waals surface area contributed by atoms with E-state index in [4.69, 9.17) is 15.2 Å². The van der Waals surface area contributed by atoms with Crippen LogP contribution in [0.1, 0.15) is 62.2 Å². The lowest BCUT2D eigenvalue weighted by molar-refractivity contribution is 0.181. The predicted molar refractivity (Wildman–Crippen MR) is 79.7 cm³/mol. The van der Waals surface area contributed by atoms with Crippen molar-refractivity contribution in [2.75, 3.05) is 0 Å². The van der Waals surface area contributed by atoms with Crippen molar-refractivity contribution in [1.82, 2.24) is 10.1 Å². The zero-order chi connectivity index (χ0) is 14.3. The molecule has 1 aromatic heterocycles. The minimum absolute atomic E-state index is 0.0802. The molecule has 0 aliphatic heterocycles. The van der Waals surface area contributed by atoms with Gasteiger partial charge in [0.15, 0.2) is 5.82 Å². The minimum atomic E-state index is -0.373. The van der Waals surface area contributed by atoms with E-state index in [1.807, 2.05) is 0 Å². The number of nitrogens with two attached hydrogens (primary N) is 1. The molecule has 2 aliphatic rings. The molecule has 21 heavy (non-hydrogen) atoms.